The van der Waals surface area contributed by atoms with E-state index < -0.39 is 5.91 Å². The molecule has 0 radical (unpaired) electrons. The number of rotatable bonds is 5. The number of tetrazole rings is 1. The van der Waals surface area contributed by atoms with Gasteiger partial charge in [0.25, 0.3) is 11.7 Å². The number of nitrogens with one attached hydrogen (secondary N) is 2. The van der Waals surface area contributed by atoms with Gasteiger partial charge in [-0.2, -0.15) is 5.21 Å². The quantitative estimate of drug-likeness (QED) is 0.656. The molecule has 3 rings (SSSR count). The van der Waals surface area contributed by atoms with E-state index >= 15 is 0 Å². The number of carbonyl (C=O) groups excluding carboxylic acids is 1. The van der Waals surface area contributed by atoms with E-state index in [9.17, 15) is 4.79 Å². The summed E-state index contributed by atoms with van der Waals surface area (Å²) in [5, 5.41) is 16.1. The molecule has 2 N–H and O–H groups in total. The van der Waals surface area contributed by atoms with E-state index in [1.54, 1.807) is 30.3 Å². The maximum Gasteiger partial charge on any atom is 0.297 e. The molecule has 1 heterocycles. The number of hydrogen-bond acceptors (Lipinski definition) is 6. The Morgan fingerprint density at radius 3 is 2.74 bits per heavy atom. The second-order valence-corrected chi connectivity index (χ2v) is 5.59. The Morgan fingerprint density at radius 2 is 2.04 bits per heavy atom. The Hall–Kier alpha value is -3.57. The number of ether oxygens (including phenoxy) is 2. The predicted molar refractivity (Wildman–Crippen MR) is 98.9 cm³/mol. The van der Waals surface area contributed by atoms with Gasteiger partial charge in [0.2, 0.25) is 0 Å². The largest absolute Gasteiger partial charge is 0.493 e. The van der Waals surface area contributed by atoms with Crippen LogP contribution in [0.3, 0.4) is 0 Å². The minimum Gasteiger partial charge on any atom is -0.493 e. The second kappa shape index (κ2) is 8.69. The minimum atomic E-state index is -0.492. The van der Waals surface area contributed by atoms with E-state index in [0.29, 0.717) is 22.2 Å². The van der Waals surface area contributed by atoms with Crippen LogP contribution in [-0.4, -0.2) is 40.2 Å². The highest BCUT2D eigenvalue weighted by atomic mass is 35.5. The van der Waals surface area contributed by atoms with E-state index in [-0.39, 0.29) is 12.4 Å². The van der Waals surface area contributed by atoms with E-state index in [4.69, 9.17) is 21.1 Å². The molecule has 3 aromatic rings. The average Bonchev–Trinajstić information content (AvgIpc) is 3.22. The number of nitrogens with zero attached hydrogens (tertiary/aromatic N) is 3. The number of amides is 1. The van der Waals surface area contributed by atoms with Crippen molar-refractivity contribution in [1.29, 1.82) is 0 Å². The van der Waals surface area contributed by atoms with Gasteiger partial charge in [-0.3, -0.25) is 4.79 Å². The van der Waals surface area contributed by atoms with Crippen molar-refractivity contribution in [1.82, 2.24) is 20.6 Å². The summed E-state index contributed by atoms with van der Waals surface area (Å²) < 4.78 is 10.9. The molecular formula is C18H14ClN5O3. The fourth-order valence-corrected chi connectivity index (χ4v) is 2.22. The van der Waals surface area contributed by atoms with Gasteiger partial charge in [0, 0.05) is 22.3 Å². The Bertz CT molecular complexity index is 978. The standard InChI is InChI=1S/C18H14ClN5O3/c1-26-16-11-14(20-18(25)17-21-23-24-22-17)8-9-15(16)27-10-2-3-12-4-6-13(19)7-5-12/h4-9,11H,10H2,1H3,(H,20,25)(H,21,22,23,24). The number of aromatic nitrogens is 4. The van der Waals surface area contributed by atoms with Crippen molar-refractivity contribution in [2.45, 2.75) is 0 Å². The Balaban J connectivity index is 1.62. The van der Waals surface area contributed by atoms with E-state index in [1.165, 1.54) is 7.11 Å². The fraction of sp³-hybridized carbons (Fsp3) is 0.111. The van der Waals surface area contributed by atoms with E-state index in [0.717, 1.165) is 5.56 Å². The zero-order valence-corrected chi connectivity index (χ0v) is 14.9. The molecule has 9 heteroatoms. The number of anilines is 1. The number of halogens is 1. The van der Waals surface area contributed by atoms with Gasteiger partial charge in [-0.1, -0.05) is 23.4 Å². The minimum absolute atomic E-state index is 0.0632. The van der Waals surface area contributed by atoms with Gasteiger partial charge in [0.15, 0.2) is 11.5 Å². The van der Waals surface area contributed by atoms with Gasteiger partial charge in [0.05, 0.1) is 7.11 Å². The zero-order chi connectivity index (χ0) is 19.1. The molecule has 0 saturated carbocycles. The highest BCUT2D eigenvalue weighted by Gasteiger charge is 2.12. The third-order valence-electron chi connectivity index (χ3n) is 3.35. The van der Waals surface area contributed by atoms with Gasteiger partial charge < -0.3 is 14.8 Å². The summed E-state index contributed by atoms with van der Waals surface area (Å²) >= 11 is 5.84. The van der Waals surface area contributed by atoms with Crippen LogP contribution in [0.25, 0.3) is 0 Å². The molecule has 0 aliphatic heterocycles. The number of carbonyl (C=O) groups is 1. The van der Waals surface area contributed by atoms with Crippen LogP contribution in [0.1, 0.15) is 16.2 Å². The normalized spacial score (nSPS) is 9.85. The lowest BCUT2D eigenvalue weighted by Gasteiger charge is -2.10. The maximum atomic E-state index is 11.9. The maximum absolute atomic E-state index is 11.9. The molecule has 8 nitrogen and oxygen atoms in total. The van der Waals surface area contributed by atoms with Crippen molar-refractivity contribution in [3.63, 3.8) is 0 Å². The topological polar surface area (TPSA) is 102 Å². The number of methoxy groups -OCH3 is 1. The predicted octanol–water partition coefficient (Wildman–Crippen LogP) is 2.54. The van der Waals surface area contributed by atoms with Crippen LogP contribution in [0.4, 0.5) is 5.69 Å². The number of benzene rings is 2. The smallest absolute Gasteiger partial charge is 0.297 e. The summed E-state index contributed by atoms with van der Waals surface area (Å²) in [6.45, 7) is 0.174. The Kier molecular flexibility index (Phi) is 5.87. The lowest BCUT2D eigenvalue weighted by molar-refractivity contribution is 0.101. The van der Waals surface area contributed by atoms with Crippen molar-refractivity contribution in [3.05, 3.63) is 58.9 Å². The molecular weight excluding hydrogens is 370 g/mol. The van der Waals surface area contributed by atoms with E-state index in [2.05, 4.69) is 37.8 Å². The third kappa shape index (κ3) is 4.96. The molecule has 0 spiro atoms. The summed E-state index contributed by atoms with van der Waals surface area (Å²) in [5.74, 6) is 6.30. The Morgan fingerprint density at radius 1 is 1.22 bits per heavy atom. The second-order valence-electron chi connectivity index (χ2n) is 5.15. The summed E-state index contributed by atoms with van der Waals surface area (Å²) in [7, 11) is 1.51. The lowest BCUT2D eigenvalue weighted by atomic mass is 10.2. The molecule has 136 valence electrons. The van der Waals surface area contributed by atoms with Gasteiger partial charge in [-0.25, -0.2) is 0 Å². The average molecular weight is 384 g/mol. The number of H-pyrrole nitrogens is 1. The zero-order valence-electron chi connectivity index (χ0n) is 14.2. The number of aromatic amines is 1. The highest BCUT2D eigenvalue weighted by Crippen LogP contribution is 2.30. The molecule has 2 aromatic carbocycles. The first-order chi connectivity index (χ1) is 13.2. The van der Waals surface area contributed by atoms with Crippen LogP contribution in [0.2, 0.25) is 5.02 Å². The van der Waals surface area contributed by atoms with Crippen LogP contribution in [0.15, 0.2) is 42.5 Å². The first kappa shape index (κ1) is 18.2. The van der Waals surface area contributed by atoms with E-state index in [1.807, 2.05) is 12.1 Å². The van der Waals surface area contributed by atoms with Crippen molar-refractivity contribution < 1.29 is 14.3 Å². The highest BCUT2D eigenvalue weighted by molar-refractivity contribution is 6.30. The molecule has 0 aliphatic rings. The van der Waals surface area contributed by atoms with Gasteiger partial charge in [-0.15, -0.1) is 10.2 Å². The van der Waals surface area contributed by atoms with Crippen LogP contribution < -0.4 is 14.8 Å². The van der Waals surface area contributed by atoms with Crippen molar-refractivity contribution >= 4 is 23.2 Å². The molecule has 1 aromatic heterocycles. The molecule has 0 fully saturated rings. The Labute approximate surface area is 159 Å². The lowest BCUT2D eigenvalue weighted by Crippen LogP contribution is -2.14. The van der Waals surface area contributed by atoms with Gasteiger partial charge in [-0.05, 0) is 41.6 Å². The summed E-state index contributed by atoms with van der Waals surface area (Å²) in [4.78, 5) is 11.9. The molecule has 0 atom stereocenters. The van der Waals surface area contributed by atoms with Crippen molar-refractivity contribution in [2.24, 2.45) is 0 Å². The molecule has 0 saturated heterocycles. The summed E-state index contributed by atoms with van der Waals surface area (Å²) in [6.07, 6.45) is 0. The number of hydrogen-bond donors (Lipinski definition) is 2. The first-order valence-electron chi connectivity index (χ1n) is 7.76. The molecule has 0 aliphatic carbocycles. The molecule has 27 heavy (non-hydrogen) atoms. The SMILES string of the molecule is COc1cc(NC(=O)c2nn[nH]n2)ccc1OCC#Cc1ccc(Cl)cc1. The van der Waals surface area contributed by atoms with Crippen LogP contribution in [-0.2, 0) is 0 Å². The monoisotopic (exact) mass is 383 g/mol. The van der Waals surface area contributed by atoms with Gasteiger partial charge in [0.1, 0.15) is 6.61 Å². The van der Waals surface area contributed by atoms with Gasteiger partial charge >= 0.3 is 0 Å². The molecule has 0 bridgehead atoms. The molecule has 1 amide bonds. The van der Waals surface area contributed by atoms with Crippen LogP contribution in [0.5, 0.6) is 11.5 Å². The summed E-state index contributed by atoms with van der Waals surface area (Å²) in [5.41, 5.74) is 1.34. The third-order valence-corrected chi connectivity index (χ3v) is 3.60. The van der Waals surface area contributed by atoms with Crippen LogP contribution >= 0.6 is 11.6 Å². The van der Waals surface area contributed by atoms with Crippen LogP contribution in [0, 0.1) is 11.8 Å². The summed E-state index contributed by atoms with van der Waals surface area (Å²) in [6, 6.07) is 12.2. The first-order valence-corrected chi connectivity index (χ1v) is 8.13. The van der Waals surface area contributed by atoms with Crippen molar-refractivity contribution in [2.75, 3.05) is 19.0 Å². The fourth-order valence-electron chi connectivity index (χ4n) is 2.09. The molecule has 0 unspecified atom stereocenters. The van der Waals surface area contributed by atoms with Crippen molar-refractivity contribution in [3.8, 4) is 23.3 Å².